The van der Waals surface area contributed by atoms with Gasteiger partial charge in [-0.1, -0.05) is 25.7 Å². The maximum absolute atomic E-state index is 5.87. The highest BCUT2D eigenvalue weighted by molar-refractivity contribution is 5.78. The van der Waals surface area contributed by atoms with Gasteiger partial charge in [-0.3, -0.25) is 0 Å². The number of rotatable bonds is 3. The van der Waals surface area contributed by atoms with E-state index in [0.29, 0.717) is 18.5 Å². The van der Waals surface area contributed by atoms with Crippen LogP contribution in [0.5, 0.6) is 0 Å². The molecule has 1 aromatic heterocycles. The Balaban J connectivity index is 1.78. The van der Waals surface area contributed by atoms with Crippen LogP contribution in [0.1, 0.15) is 44.3 Å². The van der Waals surface area contributed by atoms with Gasteiger partial charge in [0.15, 0.2) is 5.96 Å². The summed E-state index contributed by atoms with van der Waals surface area (Å²) in [6.07, 6.45) is 9.35. The average Bonchev–Trinajstić information content (AvgIpc) is 2.72. The first-order valence-electron chi connectivity index (χ1n) is 6.43. The number of guanidine groups is 1. The van der Waals surface area contributed by atoms with E-state index < -0.39 is 0 Å². The van der Waals surface area contributed by atoms with Crippen LogP contribution in [0.3, 0.4) is 0 Å². The number of hydrogen-bond acceptors (Lipinski definition) is 2. The molecule has 1 aliphatic carbocycles. The second-order valence-electron chi connectivity index (χ2n) is 4.61. The van der Waals surface area contributed by atoms with Crippen LogP contribution in [0.2, 0.25) is 0 Å². The number of nitrogens with two attached hydrogens (primary N) is 1. The summed E-state index contributed by atoms with van der Waals surface area (Å²) >= 11 is 0. The Kier molecular flexibility index (Phi) is 4.47. The second-order valence-corrected chi connectivity index (χ2v) is 4.61. The molecule has 1 heterocycles. The first-order chi connectivity index (χ1) is 8.34. The van der Waals surface area contributed by atoms with Gasteiger partial charge < -0.3 is 15.5 Å². The Morgan fingerprint density at radius 2 is 2.12 bits per heavy atom. The molecule has 0 saturated heterocycles. The Bertz CT molecular complexity index is 338. The Hall–Kier alpha value is -1.45. The lowest BCUT2D eigenvalue weighted by Crippen LogP contribution is -2.39. The van der Waals surface area contributed by atoms with Gasteiger partial charge in [0, 0.05) is 6.04 Å². The van der Waals surface area contributed by atoms with Crippen LogP contribution in [0.15, 0.2) is 27.8 Å². The number of nitrogens with one attached hydrogen (secondary N) is 1. The van der Waals surface area contributed by atoms with Crippen LogP contribution in [0.25, 0.3) is 0 Å². The third-order valence-electron chi connectivity index (χ3n) is 3.19. The first kappa shape index (κ1) is 12.0. The summed E-state index contributed by atoms with van der Waals surface area (Å²) in [6.45, 7) is 0.512. The van der Waals surface area contributed by atoms with Gasteiger partial charge in [0.05, 0.1) is 6.26 Å². The van der Waals surface area contributed by atoms with Crippen LogP contribution in [0.4, 0.5) is 0 Å². The minimum atomic E-state index is 0.498. The van der Waals surface area contributed by atoms with E-state index in [0.717, 1.165) is 5.76 Å². The van der Waals surface area contributed by atoms with Crippen molar-refractivity contribution in [2.75, 3.05) is 0 Å². The van der Waals surface area contributed by atoms with Gasteiger partial charge in [-0.2, -0.15) is 0 Å². The van der Waals surface area contributed by atoms with E-state index in [1.165, 1.54) is 38.5 Å². The molecular formula is C13H21N3O. The van der Waals surface area contributed by atoms with Crippen molar-refractivity contribution in [2.24, 2.45) is 10.7 Å². The molecule has 0 unspecified atom stereocenters. The molecule has 1 saturated carbocycles. The summed E-state index contributed by atoms with van der Waals surface area (Å²) in [5, 5.41) is 3.31. The van der Waals surface area contributed by atoms with Crippen molar-refractivity contribution in [1.29, 1.82) is 0 Å². The molecule has 4 nitrogen and oxygen atoms in total. The van der Waals surface area contributed by atoms with Crippen molar-refractivity contribution in [3.63, 3.8) is 0 Å². The molecule has 0 radical (unpaired) electrons. The van der Waals surface area contributed by atoms with Gasteiger partial charge >= 0.3 is 0 Å². The minimum Gasteiger partial charge on any atom is -0.467 e. The fourth-order valence-electron chi connectivity index (χ4n) is 2.24. The van der Waals surface area contributed by atoms with Gasteiger partial charge in [-0.05, 0) is 25.0 Å². The molecule has 1 fully saturated rings. The van der Waals surface area contributed by atoms with Crippen LogP contribution >= 0.6 is 0 Å². The quantitative estimate of drug-likeness (QED) is 0.480. The normalized spacial score (nSPS) is 18.9. The molecule has 0 bridgehead atoms. The molecule has 1 aliphatic rings. The summed E-state index contributed by atoms with van der Waals surface area (Å²) in [7, 11) is 0. The molecule has 0 atom stereocenters. The van der Waals surface area contributed by atoms with Gasteiger partial charge in [0.1, 0.15) is 12.3 Å². The SMILES string of the molecule is NC(=NCc1ccco1)NC1CCCCCC1. The molecule has 1 aromatic rings. The molecule has 94 valence electrons. The first-order valence-corrected chi connectivity index (χ1v) is 6.43. The lowest BCUT2D eigenvalue weighted by atomic mass is 10.1. The molecule has 0 amide bonds. The predicted molar refractivity (Wildman–Crippen MR) is 68.7 cm³/mol. The van der Waals surface area contributed by atoms with Crippen LogP contribution in [-0.4, -0.2) is 12.0 Å². The molecule has 2 rings (SSSR count). The number of aliphatic imine (C=N–C) groups is 1. The zero-order valence-electron chi connectivity index (χ0n) is 10.2. The monoisotopic (exact) mass is 235 g/mol. The van der Waals surface area contributed by atoms with Crippen molar-refractivity contribution in [3.8, 4) is 0 Å². The summed E-state index contributed by atoms with van der Waals surface area (Å²) < 4.78 is 5.20. The smallest absolute Gasteiger partial charge is 0.189 e. The van der Waals surface area contributed by atoms with Gasteiger partial charge in [0.2, 0.25) is 0 Å². The maximum atomic E-state index is 5.87. The lowest BCUT2D eigenvalue weighted by Gasteiger charge is -2.16. The van der Waals surface area contributed by atoms with E-state index in [1.807, 2.05) is 12.1 Å². The van der Waals surface area contributed by atoms with Gasteiger partial charge in [0.25, 0.3) is 0 Å². The standard InChI is InChI=1S/C13H21N3O/c14-13(15-10-12-8-5-9-17-12)16-11-6-3-1-2-4-7-11/h5,8-9,11H,1-4,6-7,10H2,(H3,14,15,16). The van der Waals surface area contributed by atoms with Crippen molar-refractivity contribution in [3.05, 3.63) is 24.2 Å². The van der Waals surface area contributed by atoms with E-state index in [2.05, 4.69) is 10.3 Å². The molecule has 0 spiro atoms. The number of furan rings is 1. The zero-order valence-corrected chi connectivity index (χ0v) is 10.2. The fraction of sp³-hybridized carbons (Fsp3) is 0.615. The van der Waals surface area contributed by atoms with Crippen LogP contribution in [0, 0.1) is 0 Å². The largest absolute Gasteiger partial charge is 0.467 e. The van der Waals surface area contributed by atoms with E-state index in [1.54, 1.807) is 6.26 Å². The zero-order chi connectivity index (χ0) is 11.9. The van der Waals surface area contributed by atoms with Crippen molar-refractivity contribution < 1.29 is 4.42 Å². The molecule has 0 aliphatic heterocycles. The molecule has 0 aromatic carbocycles. The van der Waals surface area contributed by atoms with E-state index in [9.17, 15) is 0 Å². The maximum Gasteiger partial charge on any atom is 0.189 e. The third-order valence-corrected chi connectivity index (χ3v) is 3.19. The van der Waals surface area contributed by atoms with Gasteiger partial charge in [-0.15, -0.1) is 0 Å². The Morgan fingerprint density at radius 1 is 1.35 bits per heavy atom. The minimum absolute atomic E-state index is 0.498. The van der Waals surface area contributed by atoms with Crippen molar-refractivity contribution >= 4 is 5.96 Å². The number of hydrogen-bond donors (Lipinski definition) is 2. The Morgan fingerprint density at radius 3 is 2.76 bits per heavy atom. The lowest BCUT2D eigenvalue weighted by molar-refractivity contribution is 0.508. The molecule has 17 heavy (non-hydrogen) atoms. The van der Waals surface area contributed by atoms with Crippen molar-refractivity contribution in [2.45, 2.75) is 51.1 Å². The average molecular weight is 235 g/mol. The topological polar surface area (TPSA) is 63.5 Å². The van der Waals surface area contributed by atoms with E-state index in [4.69, 9.17) is 10.2 Å². The summed E-state index contributed by atoms with van der Waals surface area (Å²) in [5.41, 5.74) is 5.87. The highest BCUT2D eigenvalue weighted by atomic mass is 16.3. The predicted octanol–water partition coefficient (Wildman–Crippen LogP) is 2.41. The molecular weight excluding hydrogens is 214 g/mol. The second kappa shape index (κ2) is 6.33. The molecule has 3 N–H and O–H groups in total. The number of nitrogens with zero attached hydrogens (tertiary/aromatic N) is 1. The summed E-state index contributed by atoms with van der Waals surface area (Å²) in [4.78, 5) is 4.28. The Labute approximate surface area is 102 Å². The summed E-state index contributed by atoms with van der Waals surface area (Å²) in [6, 6.07) is 4.26. The third kappa shape index (κ3) is 4.13. The fourth-order valence-corrected chi connectivity index (χ4v) is 2.24. The summed E-state index contributed by atoms with van der Waals surface area (Å²) in [5.74, 6) is 1.38. The van der Waals surface area contributed by atoms with Crippen molar-refractivity contribution in [1.82, 2.24) is 5.32 Å². The van der Waals surface area contributed by atoms with E-state index in [-0.39, 0.29) is 0 Å². The van der Waals surface area contributed by atoms with Gasteiger partial charge in [-0.25, -0.2) is 4.99 Å². The van der Waals surface area contributed by atoms with E-state index >= 15 is 0 Å². The van der Waals surface area contributed by atoms with Crippen LogP contribution < -0.4 is 11.1 Å². The molecule has 4 heteroatoms. The highest BCUT2D eigenvalue weighted by Crippen LogP contribution is 2.16. The highest BCUT2D eigenvalue weighted by Gasteiger charge is 2.12. The van der Waals surface area contributed by atoms with Crippen LogP contribution in [-0.2, 0) is 6.54 Å².